The van der Waals surface area contributed by atoms with Gasteiger partial charge in [0.1, 0.15) is 0 Å². The van der Waals surface area contributed by atoms with Gasteiger partial charge in [-0.15, -0.1) is 0 Å². The van der Waals surface area contributed by atoms with Crippen molar-refractivity contribution in [3.63, 3.8) is 0 Å². The number of carbonyl (C=O) groups excluding carboxylic acids is 1. The SMILES string of the molecule is O=C(CC1CCCN1)Nc1ccc(Cl)cc1. The summed E-state index contributed by atoms with van der Waals surface area (Å²) < 4.78 is 0. The van der Waals surface area contributed by atoms with Crippen LogP contribution in [-0.4, -0.2) is 18.5 Å². The van der Waals surface area contributed by atoms with E-state index in [1.165, 1.54) is 6.42 Å². The Labute approximate surface area is 100 Å². The van der Waals surface area contributed by atoms with E-state index in [2.05, 4.69) is 10.6 Å². The molecule has 1 saturated heterocycles. The van der Waals surface area contributed by atoms with Crippen LogP contribution >= 0.6 is 11.6 Å². The Morgan fingerprint density at radius 2 is 2.19 bits per heavy atom. The summed E-state index contributed by atoms with van der Waals surface area (Å²) in [7, 11) is 0. The molecule has 0 radical (unpaired) electrons. The molecule has 1 heterocycles. The topological polar surface area (TPSA) is 41.1 Å². The smallest absolute Gasteiger partial charge is 0.225 e. The van der Waals surface area contributed by atoms with Crippen LogP contribution < -0.4 is 10.6 Å². The second-order valence-electron chi connectivity index (χ2n) is 4.05. The van der Waals surface area contributed by atoms with Crippen LogP contribution in [0.1, 0.15) is 19.3 Å². The fourth-order valence-corrected chi connectivity index (χ4v) is 2.03. The van der Waals surface area contributed by atoms with Crippen molar-refractivity contribution in [2.24, 2.45) is 0 Å². The first-order valence-electron chi connectivity index (χ1n) is 5.53. The number of carbonyl (C=O) groups is 1. The average Bonchev–Trinajstić information content (AvgIpc) is 2.74. The Morgan fingerprint density at radius 3 is 2.81 bits per heavy atom. The molecule has 2 N–H and O–H groups in total. The van der Waals surface area contributed by atoms with Gasteiger partial charge in [-0.3, -0.25) is 4.79 Å². The van der Waals surface area contributed by atoms with Crippen molar-refractivity contribution >= 4 is 23.2 Å². The van der Waals surface area contributed by atoms with Crippen molar-refractivity contribution in [2.75, 3.05) is 11.9 Å². The first kappa shape index (κ1) is 11.4. The average molecular weight is 239 g/mol. The van der Waals surface area contributed by atoms with Crippen molar-refractivity contribution in [1.82, 2.24) is 5.32 Å². The summed E-state index contributed by atoms with van der Waals surface area (Å²) in [6, 6.07) is 7.49. The van der Waals surface area contributed by atoms with E-state index in [1.807, 2.05) is 12.1 Å². The molecule has 1 amide bonds. The molecule has 1 aromatic carbocycles. The predicted molar refractivity (Wildman–Crippen MR) is 65.7 cm³/mol. The largest absolute Gasteiger partial charge is 0.326 e. The lowest BCUT2D eigenvalue weighted by Gasteiger charge is -2.10. The van der Waals surface area contributed by atoms with E-state index in [-0.39, 0.29) is 5.91 Å². The fraction of sp³-hybridized carbons (Fsp3) is 0.417. The molecule has 16 heavy (non-hydrogen) atoms. The molecule has 2 rings (SSSR count). The molecule has 1 atom stereocenters. The van der Waals surface area contributed by atoms with E-state index < -0.39 is 0 Å². The number of hydrogen-bond acceptors (Lipinski definition) is 2. The standard InChI is InChI=1S/C12H15ClN2O/c13-9-3-5-10(6-4-9)15-12(16)8-11-2-1-7-14-11/h3-6,11,14H,1-2,7-8H2,(H,15,16). The Bertz CT molecular complexity index is 358. The van der Waals surface area contributed by atoms with Crippen molar-refractivity contribution in [3.05, 3.63) is 29.3 Å². The van der Waals surface area contributed by atoms with Crippen molar-refractivity contribution in [3.8, 4) is 0 Å². The molecule has 1 aliphatic heterocycles. The Kier molecular flexibility index (Phi) is 3.80. The monoisotopic (exact) mass is 238 g/mol. The third-order valence-corrected chi connectivity index (χ3v) is 2.97. The maximum atomic E-state index is 11.7. The maximum absolute atomic E-state index is 11.7. The fourth-order valence-electron chi connectivity index (χ4n) is 1.90. The molecule has 0 bridgehead atoms. The first-order valence-corrected chi connectivity index (χ1v) is 5.90. The second-order valence-corrected chi connectivity index (χ2v) is 4.49. The van der Waals surface area contributed by atoms with Crippen LogP contribution in [0.15, 0.2) is 24.3 Å². The highest BCUT2D eigenvalue weighted by Gasteiger charge is 2.17. The summed E-state index contributed by atoms with van der Waals surface area (Å²) in [4.78, 5) is 11.7. The molecule has 1 unspecified atom stereocenters. The van der Waals surface area contributed by atoms with Gasteiger partial charge >= 0.3 is 0 Å². The molecule has 0 aliphatic carbocycles. The molecule has 0 spiro atoms. The predicted octanol–water partition coefficient (Wildman–Crippen LogP) is 2.42. The lowest BCUT2D eigenvalue weighted by molar-refractivity contribution is -0.116. The minimum Gasteiger partial charge on any atom is -0.326 e. The van der Waals surface area contributed by atoms with Gasteiger partial charge in [0, 0.05) is 23.2 Å². The van der Waals surface area contributed by atoms with E-state index in [0.717, 1.165) is 18.7 Å². The number of nitrogens with one attached hydrogen (secondary N) is 2. The second kappa shape index (κ2) is 5.32. The minimum absolute atomic E-state index is 0.0572. The highest BCUT2D eigenvalue weighted by molar-refractivity contribution is 6.30. The van der Waals surface area contributed by atoms with Crippen LogP contribution in [0.2, 0.25) is 5.02 Å². The zero-order valence-electron chi connectivity index (χ0n) is 9.00. The molecule has 1 aromatic rings. The minimum atomic E-state index is 0.0572. The van der Waals surface area contributed by atoms with Crippen LogP contribution in [0, 0.1) is 0 Å². The Morgan fingerprint density at radius 1 is 1.44 bits per heavy atom. The molecule has 3 nitrogen and oxygen atoms in total. The van der Waals surface area contributed by atoms with E-state index >= 15 is 0 Å². The van der Waals surface area contributed by atoms with E-state index in [1.54, 1.807) is 12.1 Å². The zero-order chi connectivity index (χ0) is 11.4. The van der Waals surface area contributed by atoms with Gasteiger partial charge in [-0.25, -0.2) is 0 Å². The lowest BCUT2D eigenvalue weighted by Crippen LogP contribution is -2.27. The molecule has 0 saturated carbocycles. The third kappa shape index (κ3) is 3.22. The van der Waals surface area contributed by atoms with Gasteiger partial charge in [-0.05, 0) is 43.7 Å². The van der Waals surface area contributed by atoms with Crippen LogP contribution in [0.4, 0.5) is 5.69 Å². The van der Waals surface area contributed by atoms with E-state index in [0.29, 0.717) is 17.5 Å². The van der Waals surface area contributed by atoms with Crippen molar-refractivity contribution in [2.45, 2.75) is 25.3 Å². The van der Waals surface area contributed by atoms with Gasteiger partial charge in [0.2, 0.25) is 5.91 Å². The number of anilines is 1. The van der Waals surface area contributed by atoms with Crippen LogP contribution in [0.3, 0.4) is 0 Å². The van der Waals surface area contributed by atoms with Crippen LogP contribution in [-0.2, 0) is 4.79 Å². The quantitative estimate of drug-likeness (QED) is 0.849. The molecular weight excluding hydrogens is 224 g/mol. The van der Waals surface area contributed by atoms with Gasteiger partial charge in [-0.1, -0.05) is 11.6 Å². The summed E-state index contributed by atoms with van der Waals surface area (Å²) >= 11 is 5.76. The number of hydrogen-bond donors (Lipinski definition) is 2. The normalized spacial score (nSPS) is 19.7. The number of halogens is 1. The summed E-state index contributed by atoms with van der Waals surface area (Å²) in [6.07, 6.45) is 2.80. The molecule has 1 aliphatic rings. The van der Waals surface area contributed by atoms with Gasteiger partial charge in [-0.2, -0.15) is 0 Å². The molecule has 4 heteroatoms. The molecule has 1 fully saturated rings. The van der Waals surface area contributed by atoms with Crippen LogP contribution in [0.25, 0.3) is 0 Å². The number of benzene rings is 1. The van der Waals surface area contributed by atoms with Crippen LogP contribution in [0.5, 0.6) is 0 Å². The molecule has 86 valence electrons. The number of rotatable bonds is 3. The summed E-state index contributed by atoms with van der Waals surface area (Å²) in [6.45, 7) is 1.03. The summed E-state index contributed by atoms with van der Waals surface area (Å²) in [5.41, 5.74) is 0.799. The molecule has 0 aromatic heterocycles. The Balaban J connectivity index is 1.84. The highest BCUT2D eigenvalue weighted by atomic mass is 35.5. The van der Waals surface area contributed by atoms with E-state index in [9.17, 15) is 4.79 Å². The first-order chi connectivity index (χ1) is 7.74. The van der Waals surface area contributed by atoms with Gasteiger partial charge < -0.3 is 10.6 Å². The summed E-state index contributed by atoms with van der Waals surface area (Å²) in [5.74, 6) is 0.0572. The highest BCUT2D eigenvalue weighted by Crippen LogP contribution is 2.15. The van der Waals surface area contributed by atoms with E-state index in [4.69, 9.17) is 11.6 Å². The number of amides is 1. The lowest BCUT2D eigenvalue weighted by atomic mass is 10.1. The summed E-state index contributed by atoms with van der Waals surface area (Å²) in [5, 5.41) is 6.84. The van der Waals surface area contributed by atoms with Gasteiger partial charge in [0.25, 0.3) is 0 Å². The maximum Gasteiger partial charge on any atom is 0.225 e. The zero-order valence-corrected chi connectivity index (χ0v) is 9.76. The third-order valence-electron chi connectivity index (χ3n) is 2.72. The van der Waals surface area contributed by atoms with Gasteiger partial charge in [0.05, 0.1) is 0 Å². The molecular formula is C12H15ClN2O. The van der Waals surface area contributed by atoms with Crippen molar-refractivity contribution < 1.29 is 4.79 Å². The Hall–Kier alpha value is -1.06. The van der Waals surface area contributed by atoms with Gasteiger partial charge in [0.15, 0.2) is 0 Å². The van der Waals surface area contributed by atoms with Crippen molar-refractivity contribution in [1.29, 1.82) is 0 Å².